The largest absolute Gasteiger partial charge is 0.394 e. The molecule has 0 amide bonds. The number of hydrogen-bond donors (Lipinski definition) is 2. The molecule has 3 unspecified atom stereocenters. The summed E-state index contributed by atoms with van der Waals surface area (Å²) in [5, 5.41) is 10.4. The molecule has 0 saturated carbocycles. The highest BCUT2D eigenvalue weighted by atomic mass is 16.5. The number of aliphatic hydroxyl groups is 1. The summed E-state index contributed by atoms with van der Waals surface area (Å²) >= 11 is 0. The topological polar surface area (TPSA) is 68.4 Å². The van der Waals surface area contributed by atoms with Gasteiger partial charge in [-0.2, -0.15) is 0 Å². The molecule has 3 rings (SSSR count). The van der Waals surface area contributed by atoms with Crippen LogP contribution in [0.2, 0.25) is 0 Å². The second kappa shape index (κ2) is 4.65. The fourth-order valence-corrected chi connectivity index (χ4v) is 2.55. The Bertz CT molecular complexity index is 558. The zero-order valence-corrected chi connectivity index (χ0v) is 9.99. The number of aromatic nitrogens is 1. The number of nitrogens with two attached hydrogens (primary N) is 1. The summed E-state index contributed by atoms with van der Waals surface area (Å²) in [4.78, 5) is 4.64. The van der Waals surface area contributed by atoms with Gasteiger partial charge in [-0.15, -0.1) is 0 Å². The highest BCUT2D eigenvalue weighted by molar-refractivity contribution is 5.78. The Hall–Kier alpha value is -1.49. The van der Waals surface area contributed by atoms with Gasteiger partial charge in [-0.25, -0.2) is 0 Å². The van der Waals surface area contributed by atoms with E-state index in [2.05, 4.69) is 11.1 Å². The van der Waals surface area contributed by atoms with Crippen molar-refractivity contribution in [1.29, 1.82) is 0 Å². The van der Waals surface area contributed by atoms with Crippen LogP contribution in [0.5, 0.6) is 0 Å². The van der Waals surface area contributed by atoms with Gasteiger partial charge in [0.25, 0.3) is 0 Å². The van der Waals surface area contributed by atoms with Crippen LogP contribution in [0.15, 0.2) is 36.4 Å². The van der Waals surface area contributed by atoms with Crippen LogP contribution in [0.4, 0.5) is 0 Å². The van der Waals surface area contributed by atoms with Gasteiger partial charge in [0.2, 0.25) is 0 Å². The molecule has 2 aromatic rings. The van der Waals surface area contributed by atoms with E-state index in [1.54, 1.807) is 0 Å². The van der Waals surface area contributed by atoms with Gasteiger partial charge in [-0.3, -0.25) is 4.98 Å². The van der Waals surface area contributed by atoms with Crippen molar-refractivity contribution in [2.45, 2.75) is 24.7 Å². The van der Waals surface area contributed by atoms with E-state index in [0.717, 1.165) is 16.6 Å². The summed E-state index contributed by atoms with van der Waals surface area (Å²) in [6.07, 6.45) is 0.158. The first-order valence-corrected chi connectivity index (χ1v) is 6.15. The molecule has 1 fully saturated rings. The number of fused-ring (bicyclic) bond motifs is 1. The molecule has 2 heterocycles. The van der Waals surface area contributed by atoms with Gasteiger partial charge in [-0.05, 0) is 18.6 Å². The van der Waals surface area contributed by atoms with Crippen molar-refractivity contribution in [2.24, 2.45) is 5.73 Å². The number of benzene rings is 1. The van der Waals surface area contributed by atoms with Crippen LogP contribution in [0.1, 0.15) is 18.0 Å². The maximum Gasteiger partial charge on any atom is 0.106 e. The molecule has 1 aliphatic heterocycles. The van der Waals surface area contributed by atoms with E-state index in [9.17, 15) is 5.11 Å². The van der Waals surface area contributed by atoms with Gasteiger partial charge in [-0.1, -0.05) is 24.3 Å². The third-order valence-corrected chi connectivity index (χ3v) is 3.46. The van der Waals surface area contributed by atoms with E-state index in [0.29, 0.717) is 6.42 Å². The van der Waals surface area contributed by atoms with Gasteiger partial charge in [0.15, 0.2) is 0 Å². The summed E-state index contributed by atoms with van der Waals surface area (Å²) in [6.45, 7) is -0.0210. The third kappa shape index (κ3) is 1.99. The summed E-state index contributed by atoms with van der Waals surface area (Å²) in [5.41, 5.74) is 7.69. The molecule has 4 nitrogen and oxygen atoms in total. The lowest BCUT2D eigenvalue weighted by Gasteiger charge is -2.15. The Labute approximate surface area is 105 Å². The summed E-state index contributed by atoms with van der Waals surface area (Å²) in [7, 11) is 0. The molecule has 1 saturated heterocycles. The Morgan fingerprint density at radius 3 is 2.94 bits per heavy atom. The first-order valence-electron chi connectivity index (χ1n) is 6.15. The van der Waals surface area contributed by atoms with Crippen LogP contribution in [-0.2, 0) is 4.74 Å². The second-order valence-corrected chi connectivity index (χ2v) is 4.67. The lowest BCUT2D eigenvalue weighted by atomic mass is 9.96. The number of hydrogen-bond acceptors (Lipinski definition) is 4. The maximum atomic E-state index is 9.32. The van der Waals surface area contributed by atoms with Crippen LogP contribution in [0, 0.1) is 0 Å². The van der Waals surface area contributed by atoms with Crippen molar-refractivity contribution in [1.82, 2.24) is 4.98 Å². The minimum absolute atomic E-state index is 0.0210. The van der Waals surface area contributed by atoms with Crippen molar-refractivity contribution in [2.75, 3.05) is 6.61 Å². The quantitative estimate of drug-likeness (QED) is 0.837. The maximum absolute atomic E-state index is 9.32. The van der Waals surface area contributed by atoms with E-state index in [1.807, 2.05) is 30.3 Å². The SMILES string of the molecule is NC1CC(c2ccc3ccccc3n2)C(CO)O1. The molecule has 3 atom stereocenters. The fourth-order valence-electron chi connectivity index (χ4n) is 2.55. The minimum Gasteiger partial charge on any atom is -0.394 e. The summed E-state index contributed by atoms with van der Waals surface area (Å²) in [6, 6.07) is 12.0. The molecule has 0 bridgehead atoms. The van der Waals surface area contributed by atoms with Gasteiger partial charge in [0.1, 0.15) is 6.23 Å². The zero-order valence-electron chi connectivity index (χ0n) is 9.99. The normalized spacial score (nSPS) is 27.8. The molecule has 0 spiro atoms. The highest BCUT2D eigenvalue weighted by Crippen LogP contribution is 2.33. The van der Waals surface area contributed by atoms with Gasteiger partial charge >= 0.3 is 0 Å². The predicted octanol–water partition coefficient (Wildman–Crippen LogP) is 1.38. The van der Waals surface area contributed by atoms with Gasteiger partial charge < -0.3 is 15.6 Å². The highest BCUT2D eigenvalue weighted by Gasteiger charge is 2.34. The Morgan fingerprint density at radius 1 is 1.28 bits per heavy atom. The smallest absolute Gasteiger partial charge is 0.106 e. The molecule has 4 heteroatoms. The average molecular weight is 244 g/mol. The number of nitrogens with zero attached hydrogens (tertiary/aromatic N) is 1. The monoisotopic (exact) mass is 244 g/mol. The van der Waals surface area contributed by atoms with E-state index >= 15 is 0 Å². The van der Waals surface area contributed by atoms with Crippen molar-refractivity contribution in [3.63, 3.8) is 0 Å². The van der Waals surface area contributed by atoms with Crippen molar-refractivity contribution in [3.05, 3.63) is 42.1 Å². The molecular weight excluding hydrogens is 228 g/mol. The van der Waals surface area contributed by atoms with E-state index in [4.69, 9.17) is 10.5 Å². The Morgan fingerprint density at radius 2 is 2.11 bits per heavy atom. The summed E-state index contributed by atoms with van der Waals surface area (Å²) in [5.74, 6) is 0.0783. The predicted molar refractivity (Wildman–Crippen MR) is 69.0 cm³/mol. The van der Waals surface area contributed by atoms with Crippen LogP contribution in [-0.4, -0.2) is 29.0 Å². The van der Waals surface area contributed by atoms with Gasteiger partial charge in [0, 0.05) is 17.0 Å². The minimum atomic E-state index is -0.305. The molecular formula is C14H16N2O2. The third-order valence-electron chi connectivity index (χ3n) is 3.46. The van der Waals surface area contributed by atoms with E-state index in [1.165, 1.54) is 0 Å². The molecule has 0 aliphatic carbocycles. The number of para-hydroxylation sites is 1. The lowest BCUT2D eigenvalue weighted by molar-refractivity contribution is 0.00989. The number of ether oxygens (including phenoxy) is 1. The van der Waals surface area contributed by atoms with Crippen LogP contribution < -0.4 is 5.73 Å². The standard InChI is InChI=1S/C14H16N2O2/c15-14-7-10(13(8-17)18-14)12-6-5-9-3-1-2-4-11(9)16-12/h1-6,10,13-14,17H,7-8,15H2. The Balaban J connectivity index is 1.98. The van der Waals surface area contributed by atoms with Crippen molar-refractivity contribution in [3.8, 4) is 0 Å². The number of rotatable bonds is 2. The van der Waals surface area contributed by atoms with Crippen LogP contribution >= 0.6 is 0 Å². The van der Waals surface area contributed by atoms with Crippen molar-refractivity contribution >= 4 is 10.9 Å². The lowest BCUT2D eigenvalue weighted by Crippen LogP contribution is -2.22. The molecule has 0 radical (unpaired) electrons. The van der Waals surface area contributed by atoms with E-state index in [-0.39, 0.29) is 24.9 Å². The molecule has 18 heavy (non-hydrogen) atoms. The zero-order chi connectivity index (χ0) is 12.5. The fraction of sp³-hybridized carbons (Fsp3) is 0.357. The molecule has 94 valence electrons. The molecule has 1 aromatic heterocycles. The average Bonchev–Trinajstić information content (AvgIpc) is 2.79. The first kappa shape index (κ1) is 11.6. The number of aliphatic hydroxyl groups excluding tert-OH is 1. The molecule has 3 N–H and O–H groups in total. The van der Waals surface area contributed by atoms with Crippen molar-refractivity contribution < 1.29 is 9.84 Å². The molecule has 1 aromatic carbocycles. The van der Waals surface area contributed by atoms with Crippen LogP contribution in [0.3, 0.4) is 0 Å². The van der Waals surface area contributed by atoms with Gasteiger partial charge in [0.05, 0.1) is 18.2 Å². The first-order chi connectivity index (χ1) is 8.78. The summed E-state index contributed by atoms with van der Waals surface area (Å²) < 4.78 is 5.48. The Kier molecular flexibility index (Phi) is 2.99. The number of pyridine rings is 1. The second-order valence-electron chi connectivity index (χ2n) is 4.67. The van der Waals surface area contributed by atoms with E-state index < -0.39 is 0 Å². The molecule has 1 aliphatic rings. The van der Waals surface area contributed by atoms with Crippen LogP contribution in [0.25, 0.3) is 10.9 Å².